The third-order valence-electron chi connectivity index (χ3n) is 2.79. The van der Waals surface area contributed by atoms with Gasteiger partial charge in [0, 0.05) is 26.7 Å². The van der Waals surface area contributed by atoms with Gasteiger partial charge in [-0.05, 0) is 31.6 Å². The van der Waals surface area contributed by atoms with Crippen LogP contribution in [0.15, 0.2) is 23.6 Å². The fourth-order valence-corrected chi connectivity index (χ4v) is 2.42. The molecule has 2 heterocycles. The van der Waals surface area contributed by atoms with Gasteiger partial charge < -0.3 is 10.2 Å². The molecular weight excluding hydrogens is 244 g/mol. The van der Waals surface area contributed by atoms with Gasteiger partial charge in [0.25, 0.3) is 0 Å². The van der Waals surface area contributed by atoms with Gasteiger partial charge in [0.05, 0.1) is 10.6 Å². The quantitative estimate of drug-likeness (QED) is 0.808. The summed E-state index contributed by atoms with van der Waals surface area (Å²) in [7, 11) is 6.17. The van der Waals surface area contributed by atoms with Crippen LogP contribution in [0.5, 0.6) is 0 Å². The number of aryl methyl sites for hydroxylation is 1. The first-order valence-corrected chi connectivity index (χ1v) is 6.97. The standard InChI is InChI=1S/C13H20N4S/c1-16(2)7-6-14-10-11-9-12(15-17(11)3)13-5-4-8-18-13/h4-5,8-9,14H,6-7,10H2,1-3H3. The van der Waals surface area contributed by atoms with E-state index in [4.69, 9.17) is 0 Å². The molecule has 0 unspecified atom stereocenters. The van der Waals surface area contributed by atoms with E-state index in [1.807, 2.05) is 11.7 Å². The first kappa shape index (κ1) is 13.3. The van der Waals surface area contributed by atoms with E-state index >= 15 is 0 Å². The number of nitrogens with one attached hydrogen (secondary N) is 1. The minimum atomic E-state index is 0.864. The summed E-state index contributed by atoms with van der Waals surface area (Å²) >= 11 is 1.73. The number of nitrogens with zero attached hydrogens (tertiary/aromatic N) is 3. The number of rotatable bonds is 6. The van der Waals surface area contributed by atoms with Gasteiger partial charge in [-0.25, -0.2) is 0 Å². The summed E-state index contributed by atoms with van der Waals surface area (Å²) in [5.74, 6) is 0. The Labute approximate surface area is 112 Å². The molecule has 0 saturated carbocycles. The Morgan fingerprint density at radius 3 is 2.94 bits per heavy atom. The largest absolute Gasteiger partial charge is 0.310 e. The van der Waals surface area contributed by atoms with Crippen LogP contribution in [-0.2, 0) is 13.6 Å². The molecule has 0 radical (unpaired) electrons. The van der Waals surface area contributed by atoms with Crippen LogP contribution in [0.4, 0.5) is 0 Å². The lowest BCUT2D eigenvalue weighted by Gasteiger charge is -2.10. The highest BCUT2D eigenvalue weighted by molar-refractivity contribution is 7.13. The van der Waals surface area contributed by atoms with Crippen LogP contribution < -0.4 is 5.32 Å². The van der Waals surface area contributed by atoms with E-state index in [1.54, 1.807) is 11.3 Å². The Morgan fingerprint density at radius 2 is 2.28 bits per heavy atom. The summed E-state index contributed by atoms with van der Waals surface area (Å²) in [5, 5.41) is 10.1. The summed E-state index contributed by atoms with van der Waals surface area (Å²) < 4.78 is 1.96. The summed E-state index contributed by atoms with van der Waals surface area (Å²) in [6, 6.07) is 6.33. The molecule has 0 aromatic carbocycles. The molecule has 18 heavy (non-hydrogen) atoms. The van der Waals surface area contributed by atoms with Gasteiger partial charge in [0.2, 0.25) is 0 Å². The zero-order valence-electron chi connectivity index (χ0n) is 11.2. The Morgan fingerprint density at radius 1 is 1.44 bits per heavy atom. The maximum atomic E-state index is 4.54. The molecule has 0 aliphatic rings. The molecule has 5 heteroatoms. The van der Waals surface area contributed by atoms with Gasteiger partial charge in [0.1, 0.15) is 5.69 Å². The monoisotopic (exact) mass is 264 g/mol. The van der Waals surface area contributed by atoms with Crippen molar-refractivity contribution in [3.63, 3.8) is 0 Å². The summed E-state index contributed by atoms with van der Waals surface area (Å²) in [5.41, 5.74) is 2.29. The number of hydrogen-bond donors (Lipinski definition) is 1. The lowest BCUT2D eigenvalue weighted by Crippen LogP contribution is -2.26. The van der Waals surface area contributed by atoms with E-state index in [9.17, 15) is 0 Å². The average molecular weight is 264 g/mol. The van der Waals surface area contributed by atoms with Gasteiger partial charge in [-0.1, -0.05) is 6.07 Å². The molecule has 98 valence electrons. The zero-order valence-corrected chi connectivity index (χ0v) is 12.0. The smallest absolute Gasteiger partial charge is 0.103 e. The molecular formula is C13H20N4S. The average Bonchev–Trinajstić information content (AvgIpc) is 2.93. The molecule has 2 aromatic rings. The van der Waals surface area contributed by atoms with Crippen LogP contribution in [0, 0.1) is 0 Å². The van der Waals surface area contributed by atoms with Crippen molar-refractivity contribution in [3.8, 4) is 10.6 Å². The maximum Gasteiger partial charge on any atom is 0.103 e. The second-order valence-electron chi connectivity index (χ2n) is 4.60. The van der Waals surface area contributed by atoms with E-state index in [0.29, 0.717) is 0 Å². The summed E-state index contributed by atoms with van der Waals surface area (Å²) in [6.07, 6.45) is 0. The molecule has 4 nitrogen and oxygen atoms in total. The third kappa shape index (κ3) is 3.41. The fraction of sp³-hybridized carbons (Fsp3) is 0.462. The van der Waals surface area contributed by atoms with Crippen molar-refractivity contribution < 1.29 is 0 Å². The van der Waals surface area contributed by atoms with Crippen molar-refractivity contribution in [2.24, 2.45) is 7.05 Å². The van der Waals surface area contributed by atoms with Crippen LogP contribution in [0.3, 0.4) is 0 Å². The van der Waals surface area contributed by atoms with Crippen molar-refractivity contribution in [1.29, 1.82) is 0 Å². The number of likely N-dealkylation sites (N-methyl/N-ethyl adjacent to an activating group) is 1. The van der Waals surface area contributed by atoms with E-state index in [-0.39, 0.29) is 0 Å². The molecule has 0 aliphatic carbocycles. The summed E-state index contributed by atoms with van der Waals surface area (Å²) in [6.45, 7) is 2.91. The molecule has 0 amide bonds. The Hall–Kier alpha value is -1.17. The van der Waals surface area contributed by atoms with E-state index in [1.165, 1.54) is 10.6 Å². The summed E-state index contributed by atoms with van der Waals surface area (Å²) in [4.78, 5) is 3.40. The predicted molar refractivity (Wildman–Crippen MR) is 76.8 cm³/mol. The van der Waals surface area contributed by atoms with Gasteiger partial charge in [-0.15, -0.1) is 11.3 Å². The minimum Gasteiger partial charge on any atom is -0.310 e. The van der Waals surface area contributed by atoms with Gasteiger partial charge in [-0.2, -0.15) is 5.10 Å². The highest BCUT2D eigenvalue weighted by Gasteiger charge is 2.07. The SMILES string of the molecule is CN(C)CCNCc1cc(-c2cccs2)nn1C. The lowest BCUT2D eigenvalue weighted by molar-refractivity contribution is 0.398. The second kappa shape index (κ2) is 6.13. The number of aromatic nitrogens is 2. The fourth-order valence-electron chi connectivity index (χ4n) is 1.74. The molecule has 0 saturated heterocycles. The Balaban J connectivity index is 1.93. The molecule has 1 N–H and O–H groups in total. The number of thiophene rings is 1. The van der Waals surface area contributed by atoms with Crippen LogP contribution >= 0.6 is 11.3 Å². The molecule has 0 aliphatic heterocycles. The normalized spacial score (nSPS) is 11.3. The van der Waals surface area contributed by atoms with Crippen LogP contribution in [0.2, 0.25) is 0 Å². The highest BCUT2D eigenvalue weighted by Crippen LogP contribution is 2.23. The highest BCUT2D eigenvalue weighted by atomic mass is 32.1. The van der Waals surface area contributed by atoms with Crippen molar-refractivity contribution in [2.45, 2.75) is 6.54 Å². The molecule has 0 fully saturated rings. The Bertz CT molecular complexity index is 473. The first-order chi connectivity index (χ1) is 8.66. The molecule has 0 atom stereocenters. The van der Waals surface area contributed by atoms with Gasteiger partial charge in [-0.3, -0.25) is 4.68 Å². The van der Waals surface area contributed by atoms with E-state index < -0.39 is 0 Å². The topological polar surface area (TPSA) is 33.1 Å². The predicted octanol–water partition coefficient (Wildman–Crippen LogP) is 1.80. The van der Waals surface area contributed by atoms with Crippen molar-refractivity contribution in [2.75, 3.05) is 27.2 Å². The lowest BCUT2D eigenvalue weighted by atomic mass is 10.3. The molecule has 2 aromatic heterocycles. The van der Waals surface area contributed by atoms with Gasteiger partial charge >= 0.3 is 0 Å². The second-order valence-corrected chi connectivity index (χ2v) is 5.55. The minimum absolute atomic E-state index is 0.864. The van der Waals surface area contributed by atoms with E-state index in [0.717, 1.165) is 25.3 Å². The molecule has 2 rings (SSSR count). The Kier molecular flexibility index (Phi) is 4.52. The first-order valence-electron chi connectivity index (χ1n) is 6.09. The third-order valence-corrected chi connectivity index (χ3v) is 3.68. The zero-order chi connectivity index (χ0) is 13.0. The van der Waals surface area contributed by atoms with Crippen molar-refractivity contribution >= 4 is 11.3 Å². The van der Waals surface area contributed by atoms with Crippen LogP contribution in [-0.4, -0.2) is 41.9 Å². The maximum absolute atomic E-state index is 4.54. The van der Waals surface area contributed by atoms with Crippen LogP contribution in [0.1, 0.15) is 5.69 Å². The van der Waals surface area contributed by atoms with Gasteiger partial charge in [0.15, 0.2) is 0 Å². The molecule has 0 spiro atoms. The van der Waals surface area contributed by atoms with Crippen molar-refractivity contribution in [3.05, 3.63) is 29.3 Å². The van der Waals surface area contributed by atoms with E-state index in [2.05, 4.69) is 53.0 Å². The number of hydrogen-bond acceptors (Lipinski definition) is 4. The molecule has 0 bridgehead atoms. The van der Waals surface area contributed by atoms with Crippen LogP contribution in [0.25, 0.3) is 10.6 Å². The van der Waals surface area contributed by atoms with Crippen molar-refractivity contribution in [1.82, 2.24) is 20.0 Å².